The Labute approximate surface area is 94.8 Å². The lowest BCUT2D eigenvalue weighted by molar-refractivity contribution is 0.124. The van der Waals surface area contributed by atoms with E-state index in [1.54, 1.807) is 0 Å². The molecule has 2 nitrogen and oxygen atoms in total. The minimum Gasteiger partial charge on any atom is -0.380 e. The fourth-order valence-corrected chi connectivity index (χ4v) is 1.71. The Morgan fingerprint density at radius 1 is 1.33 bits per heavy atom. The van der Waals surface area contributed by atoms with Gasteiger partial charge in [0.2, 0.25) is 0 Å². The number of rotatable bonds is 10. The molecule has 15 heavy (non-hydrogen) atoms. The molecule has 0 bridgehead atoms. The highest BCUT2D eigenvalue weighted by Crippen LogP contribution is 2.28. The van der Waals surface area contributed by atoms with Gasteiger partial charge in [0.15, 0.2) is 0 Å². The van der Waals surface area contributed by atoms with Gasteiger partial charge in [0.25, 0.3) is 0 Å². The van der Waals surface area contributed by atoms with Crippen molar-refractivity contribution in [3.8, 4) is 0 Å². The molecule has 0 saturated heterocycles. The van der Waals surface area contributed by atoms with Crippen LogP contribution < -0.4 is 5.32 Å². The van der Waals surface area contributed by atoms with Crippen LogP contribution in [0, 0.1) is 5.92 Å². The predicted molar refractivity (Wildman–Crippen MR) is 65.1 cm³/mol. The smallest absolute Gasteiger partial charge is 0.0591 e. The zero-order valence-corrected chi connectivity index (χ0v) is 10.4. The Morgan fingerprint density at radius 3 is 2.80 bits per heavy atom. The van der Waals surface area contributed by atoms with E-state index in [0.29, 0.717) is 6.04 Å². The predicted octanol–water partition coefficient (Wildman–Crippen LogP) is 2.97. The van der Waals surface area contributed by atoms with Crippen LogP contribution in [-0.4, -0.2) is 25.8 Å². The Balaban J connectivity index is 1.76. The van der Waals surface area contributed by atoms with E-state index in [0.717, 1.165) is 25.7 Å². The lowest BCUT2D eigenvalue weighted by Gasteiger charge is -2.13. The van der Waals surface area contributed by atoms with Crippen LogP contribution in [0.1, 0.15) is 52.4 Å². The first-order valence-electron chi connectivity index (χ1n) is 6.64. The SMILES string of the molecule is CCCCCC(C)NCCOCC1CC1. The molecule has 0 spiro atoms. The van der Waals surface area contributed by atoms with E-state index < -0.39 is 0 Å². The molecule has 1 fully saturated rings. The third kappa shape index (κ3) is 7.80. The van der Waals surface area contributed by atoms with Gasteiger partial charge in [0.05, 0.1) is 6.61 Å². The number of nitrogens with one attached hydrogen (secondary N) is 1. The highest BCUT2D eigenvalue weighted by atomic mass is 16.5. The first-order valence-corrected chi connectivity index (χ1v) is 6.64. The van der Waals surface area contributed by atoms with Gasteiger partial charge in [-0.2, -0.15) is 0 Å². The van der Waals surface area contributed by atoms with Crippen molar-refractivity contribution in [1.82, 2.24) is 5.32 Å². The monoisotopic (exact) mass is 213 g/mol. The van der Waals surface area contributed by atoms with Crippen LogP contribution in [0.25, 0.3) is 0 Å². The van der Waals surface area contributed by atoms with E-state index in [-0.39, 0.29) is 0 Å². The second-order valence-electron chi connectivity index (χ2n) is 4.87. The third-order valence-electron chi connectivity index (χ3n) is 3.03. The number of unbranched alkanes of at least 4 members (excludes halogenated alkanes) is 2. The molecule has 1 rings (SSSR count). The minimum atomic E-state index is 0.654. The van der Waals surface area contributed by atoms with E-state index in [4.69, 9.17) is 4.74 Å². The highest BCUT2D eigenvalue weighted by Gasteiger charge is 2.20. The topological polar surface area (TPSA) is 21.3 Å². The average Bonchev–Trinajstić information content (AvgIpc) is 3.02. The molecule has 0 amide bonds. The van der Waals surface area contributed by atoms with E-state index in [9.17, 15) is 0 Å². The van der Waals surface area contributed by atoms with Crippen molar-refractivity contribution in [3.05, 3.63) is 0 Å². The molecule has 1 atom stereocenters. The van der Waals surface area contributed by atoms with Crippen LogP contribution in [-0.2, 0) is 4.74 Å². The van der Waals surface area contributed by atoms with Gasteiger partial charge in [0, 0.05) is 19.2 Å². The molecule has 0 aliphatic heterocycles. The van der Waals surface area contributed by atoms with Gasteiger partial charge in [-0.1, -0.05) is 26.2 Å². The molecule has 1 unspecified atom stereocenters. The maximum absolute atomic E-state index is 5.57. The number of ether oxygens (including phenoxy) is 1. The van der Waals surface area contributed by atoms with Crippen molar-refractivity contribution < 1.29 is 4.74 Å². The first kappa shape index (κ1) is 13.0. The molecular formula is C13H27NO. The second-order valence-corrected chi connectivity index (χ2v) is 4.87. The van der Waals surface area contributed by atoms with E-state index in [1.807, 2.05) is 0 Å². The molecule has 0 radical (unpaired) electrons. The van der Waals surface area contributed by atoms with Crippen molar-refractivity contribution in [3.63, 3.8) is 0 Å². The molecule has 2 heteroatoms. The molecule has 0 aromatic heterocycles. The Kier molecular flexibility index (Phi) is 7.03. The first-order chi connectivity index (χ1) is 7.33. The van der Waals surface area contributed by atoms with E-state index in [1.165, 1.54) is 38.5 Å². The van der Waals surface area contributed by atoms with Crippen LogP contribution in [0.2, 0.25) is 0 Å². The third-order valence-corrected chi connectivity index (χ3v) is 3.03. The molecule has 1 aliphatic rings. The summed E-state index contributed by atoms with van der Waals surface area (Å²) in [6.07, 6.45) is 8.12. The lowest BCUT2D eigenvalue weighted by Crippen LogP contribution is -2.29. The summed E-state index contributed by atoms with van der Waals surface area (Å²) in [4.78, 5) is 0. The van der Waals surface area contributed by atoms with E-state index in [2.05, 4.69) is 19.2 Å². The zero-order valence-electron chi connectivity index (χ0n) is 10.4. The molecule has 90 valence electrons. The maximum Gasteiger partial charge on any atom is 0.0591 e. The van der Waals surface area contributed by atoms with E-state index >= 15 is 0 Å². The van der Waals surface area contributed by atoms with Gasteiger partial charge in [0.1, 0.15) is 0 Å². The maximum atomic E-state index is 5.57. The van der Waals surface area contributed by atoms with Gasteiger partial charge < -0.3 is 10.1 Å². The molecule has 1 saturated carbocycles. The molecule has 0 aromatic carbocycles. The average molecular weight is 213 g/mol. The van der Waals surface area contributed by atoms with Crippen LogP contribution in [0.3, 0.4) is 0 Å². The van der Waals surface area contributed by atoms with Crippen molar-refractivity contribution in [2.45, 2.75) is 58.4 Å². The van der Waals surface area contributed by atoms with Gasteiger partial charge in [-0.3, -0.25) is 0 Å². The summed E-state index contributed by atoms with van der Waals surface area (Å²) in [5, 5.41) is 3.51. The normalized spacial score (nSPS) is 18.0. The quantitative estimate of drug-likeness (QED) is 0.563. The fraction of sp³-hybridized carbons (Fsp3) is 1.00. The Morgan fingerprint density at radius 2 is 2.13 bits per heavy atom. The van der Waals surface area contributed by atoms with Gasteiger partial charge >= 0.3 is 0 Å². The largest absolute Gasteiger partial charge is 0.380 e. The Hall–Kier alpha value is -0.0800. The van der Waals surface area contributed by atoms with Crippen LogP contribution in [0.4, 0.5) is 0 Å². The summed E-state index contributed by atoms with van der Waals surface area (Å²) >= 11 is 0. The molecular weight excluding hydrogens is 186 g/mol. The summed E-state index contributed by atoms with van der Waals surface area (Å²) < 4.78 is 5.57. The fourth-order valence-electron chi connectivity index (χ4n) is 1.71. The Bertz CT molecular complexity index is 145. The summed E-state index contributed by atoms with van der Waals surface area (Å²) in [5.41, 5.74) is 0. The van der Waals surface area contributed by atoms with Crippen molar-refractivity contribution in [2.24, 2.45) is 5.92 Å². The minimum absolute atomic E-state index is 0.654. The van der Waals surface area contributed by atoms with Crippen molar-refractivity contribution in [1.29, 1.82) is 0 Å². The van der Waals surface area contributed by atoms with Gasteiger partial charge in [-0.15, -0.1) is 0 Å². The van der Waals surface area contributed by atoms with Gasteiger partial charge in [-0.25, -0.2) is 0 Å². The standard InChI is InChI=1S/C13H27NO/c1-3-4-5-6-12(2)14-9-10-15-11-13-7-8-13/h12-14H,3-11H2,1-2H3. The molecule has 1 N–H and O–H groups in total. The summed E-state index contributed by atoms with van der Waals surface area (Å²) in [5.74, 6) is 0.895. The second kappa shape index (κ2) is 8.12. The summed E-state index contributed by atoms with van der Waals surface area (Å²) in [7, 11) is 0. The molecule has 0 aromatic rings. The van der Waals surface area contributed by atoms with Crippen molar-refractivity contribution in [2.75, 3.05) is 19.8 Å². The number of hydrogen-bond donors (Lipinski definition) is 1. The van der Waals surface area contributed by atoms with Crippen molar-refractivity contribution >= 4 is 0 Å². The molecule has 0 heterocycles. The number of hydrogen-bond acceptors (Lipinski definition) is 2. The summed E-state index contributed by atoms with van der Waals surface area (Å²) in [6, 6.07) is 0.654. The summed E-state index contributed by atoms with van der Waals surface area (Å²) in [6.45, 7) is 7.42. The molecule has 1 aliphatic carbocycles. The lowest BCUT2D eigenvalue weighted by atomic mass is 10.1. The zero-order chi connectivity index (χ0) is 10.9. The van der Waals surface area contributed by atoms with Crippen LogP contribution in [0.15, 0.2) is 0 Å². The highest BCUT2D eigenvalue weighted by molar-refractivity contribution is 4.72. The van der Waals surface area contributed by atoms with Crippen LogP contribution in [0.5, 0.6) is 0 Å². The van der Waals surface area contributed by atoms with Crippen LogP contribution >= 0.6 is 0 Å². The van der Waals surface area contributed by atoms with Gasteiger partial charge in [-0.05, 0) is 32.1 Å².